The number of hydrogen-bond acceptors (Lipinski definition) is 17. The lowest BCUT2D eigenvalue weighted by Gasteiger charge is -2.41. The third kappa shape index (κ3) is 23.1. The van der Waals surface area contributed by atoms with Crippen molar-refractivity contribution in [3.8, 4) is 0 Å². The minimum absolute atomic E-state index is 0.231. The summed E-state index contributed by atoms with van der Waals surface area (Å²) < 4.78 is 0. The maximum absolute atomic E-state index is 3.85. The summed E-state index contributed by atoms with van der Waals surface area (Å²) in [7, 11) is 0. The largest absolute Gasteiger partial charge is 0.315 e. The van der Waals surface area contributed by atoms with Crippen molar-refractivity contribution in [3.05, 3.63) is 21.9 Å². The van der Waals surface area contributed by atoms with Crippen molar-refractivity contribution < 1.29 is 0 Å². The van der Waals surface area contributed by atoms with Crippen LogP contribution in [0.25, 0.3) is 0 Å². The molecule has 0 aromatic carbocycles. The zero-order valence-corrected chi connectivity index (χ0v) is 40.6. The van der Waals surface area contributed by atoms with E-state index in [9.17, 15) is 0 Å². The topological polar surface area (TPSA) is 157 Å². The zero-order valence-electron chi connectivity index (χ0n) is 39.8. The fraction of sp³-hybridized carbons (Fsp3) is 0.913. The van der Waals surface area contributed by atoms with Gasteiger partial charge in [0.2, 0.25) is 0 Å². The van der Waals surface area contributed by atoms with Gasteiger partial charge < -0.3 is 63.8 Å². The lowest BCUT2D eigenvalue weighted by Crippen LogP contribution is -2.48. The molecule has 1 aromatic rings. The summed E-state index contributed by atoms with van der Waals surface area (Å²) in [4.78, 5) is 14.4. The number of nitrogens with zero attached hydrogens (tertiary/aromatic N) is 4. The molecule has 0 bridgehead atoms. The minimum Gasteiger partial charge on any atom is -0.315 e. The molecule has 4 saturated heterocycles. The van der Waals surface area contributed by atoms with Gasteiger partial charge in [-0.1, -0.05) is 0 Å². The summed E-state index contributed by atoms with van der Waals surface area (Å²) in [6.07, 6.45) is 9.71. The van der Waals surface area contributed by atoms with E-state index < -0.39 is 0 Å². The van der Waals surface area contributed by atoms with Crippen LogP contribution in [0, 0.1) is 0 Å². The van der Waals surface area contributed by atoms with E-state index in [1.165, 1.54) is 9.75 Å². The molecule has 0 radical (unpaired) electrons. The summed E-state index contributed by atoms with van der Waals surface area (Å²) in [6, 6.07) is 5.11. The Balaban J connectivity index is 1.48. The second kappa shape index (κ2) is 36.1. The molecule has 0 aliphatic carbocycles. The average molecular weight is 905 g/mol. The third-order valence-electron chi connectivity index (χ3n) is 12.8. The molecule has 5 heterocycles. The van der Waals surface area contributed by atoms with Gasteiger partial charge in [-0.05, 0) is 142 Å². The number of thiophene rings is 1. The first-order valence-electron chi connectivity index (χ1n) is 25.9. The Morgan fingerprint density at radius 1 is 0.254 bits per heavy atom. The van der Waals surface area contributed by atoms with Gasteiger partial charge >= 0.3 is 0 Å². The fourth-order valence-electron chi connectivity index (χ4n) is 9.33. The Bertz CT molecular complexity index is 989. The molecule has 16 nitrogen and oxygen atoms in total. The van der Waals surface area contributed by atoms with Crippen molar-refractivity contribution in [2.45, 2.75) is 63.7 Å². The van der Waals surface area contributed by atoms with E-state index in [0.29, 0.717) is 0 Å². The molecule has 4 aliphatic heterocycles. The van der Waals surface area contributed by atoms with E-state index in [-0.39, 0.29) is 12.3 Å². The standard InChI is InChI=1S/C46H96N16S/c1-11-47-23-27-51-19-5-35-59(39-31-55-15-1)45(60-36-6-20-52-28-24-48-12-2-16-56-32-40-60)43-9-10-44(63-43)46(61-37-7-21-53-29-25-49-13-3-17-57-33-41-61)62-38-8-22-54-30-26-50-14-4-18-58-34-42-62/h9-10,45-58H,1-8,11-42H2. The van der Waals surface area contributed by atoms with Crippen LogP contribution < -0.4 is 63.8 Å². The molecule has 5 rings (SSSR count). The van der Waals surface area contributed by atoms with Crippen LogP contribution in [-0.2, 0) is 0 Å². The van der Waals surface area contributed by atoms with Crippen molar-refractivity contribution in [1.29, 1.82) is 0 Å². The van der Waals surface area contributed by atoms with Gasteiger partial charge in [0.05, 0.1) is 12.3 Å². The van der Waals surface area contributed by atoms with Crippen LogP contribution in [-0.4, -0.2) is 229 Å². The number of hydrogen-bond donors (Lipinski definition) is 12. The Hall–Kier alpha value is -0.940. The van der Waals surface area contributed by atoms with Crippen LogP contribution in [0.4, 0.5) is 0 Å². The quantitative estimate of drug-likeness (QED) is 0.172. The van der Waals surface area contributed by atoms with Gasteiger partial charge in [0.15, 0.2) is 0 Å². The van der Waals surface area contributed by atoms with E-state index in [1.54, 1.807) is 0 Å². The maximum Gasteiger partial charge on any atom is 0.0981 e. The van der Waals surface area contributed by atoms with Gasteiger partial charge in [-0.25, -0.2) is 0 Å². The first-order valence-corrected chi connectivity index (χ1v) is 26.8. The van der Waals surface area contributed by atoms with E-state index >= 15 is 0 Å². The number of rotatable bonds is 6. The Morgan fingerprint density at radius 2 is 0.460 bits per heavy atom. The third-order valence-corrected chi connectivity index (χ3v) is 13.9. The van der Waals surface area contributed by atoms with Crippen LogP contribution in [0.1, 0.15) is 73.5 Å². The molecule has 63 heavy (non-hydrogen) atoms. The van der Waals surface area contributed by atoms with Gasteiger partial charge in [0.25, 0.3) is 0 Å². The van der Waals surface area contributed by atoms with E-state index in [1.807, 2.05) is 0 Å². The van der Waals surface area contributed by atoms with Crippen LogP contribution in [0.5, 0.6) is 0 Å². The summed E-state index contributed by atoms with van der Waals surface area (Å²) >= 11 is 2.12. The highest BCUT2D eigenvalue weighted by Gasteiger charge is 2.32. The molecule has 0 atom stereocenters. The molecule has 17 heteroatoms. The van der Waals surface area contributed by atoms with Crippen molar-refractivity contribution >= 4 is 11.3 Å². The molecule has 0 amide bonds. The van der Waals surface area contributed by atoms with E-state index in [0.717, 1.165) is 261 Å². The normalized spacial score (nSPS) is 25.0. The second-order valence-electron chi connectivity index (χ2n) is 18.0. The van der Waals surface area contributed by atoms with Crippen molar-refractivity contribution in [3.63, 3.8) is 0 Å². The smallest absolute Gasteiger partial charge is 0.0981 e. The lowest BCUT2D eigenvalue weighted by atomic mass is 10.2. The minimum atomic E-state index is 0.231. The first-order chi connectivity index (χ1) is 31.4. The molecule has 0 unspecified atom stereocenters. The molecule has 366 valence electrons. The lowest BCUT2D eigenvalue weighted by molar-refractivity contribution is 0.0409. The van der Waals surface area contributed by atoms with Crippen molar-refractivity contribution in [1.82, 2.24) is 83.4 Å². The summed E-state index contributed by atoms with van der Waals surface area (Å²) in [5.74, 6) is 0. The Kier molecular flexibility index (Phi) is 30.4. The summed E-state index contributed by atoms with van der Waals surface area (Å²) in [5.41, 5.74) is 0. The second-order valence-corrected chi connectivity index (χ2v) is 19.1. The Morgan fingerprint density at radius 3 is 0.698 bits per heavy atom. The molecular weight excluding hydrogens is 809 g/mol. The summed E-state index contributed by atoms with van der Waals surface area (Å²) in [6.45, 7) is 33.6. The molecule has 12 N–H and O–H groups in total. The molecule has 1 aromatic heterocycles. The summed E-state index contributed by atoms with van der Waals surface area (Å²) in [5, 5.41) is 44.9. The van der Waals surface area contributed by atoms with Gasteiger partial charge in [0, 0.05) is 141 Å². The molecule has 0 spiro atoms. The predicted molar refractivity (Wildman–Crippen MR) is 267 cm³/mol. The van der Waals surface area contributed by atoms with Gasteiger partial charge in [0.1, 0.15) is 0 Å². The first kappa shape index (κ1) is 53.0. The maximum atomic E-state index is 3.85. The SMILES string of the molecule is c1cc(C(N2CCCNCCNCCCNCC2)N2CCCNCCNCCCNCC2)sc1C(N1CCCNCCNCCCNCC1)N1CCCNCCNCCCNCC1. The van der Waals surface area contributed by atoms with Gasteiger partial charge in [-0.2, -0.15) is 0 Å². The average Bonchev–Trinajstić information content (AvgIpc) is 3.77. The van der Waals surface area contributed by atoms with Crippen LogP contribution >= 0.6 is 11.3 Å². The number of nitrogens with one attached hydrogen (secondary N) is 12. The van der Waals surface area contributed by atoms with Crippen molar-refractivity contribution in [2.24, 2.45) is 0 Å². The predicted octanol–water partition coefficient (Wildman–Crippen LogP) is -0.796. The highest BCUT2D eigenvalue weighted by atomic mass is 32.1. The molecular formula is C46H96N16S. The van der Waals surface area contributed by atoms with Crippen LogP contribution in [0.15, 0.2) is 12.1 Å². The van der Waals surface area contributed by atoms with Gasteiger partial charge in [-0.15, -0.1) is 11.3 Å². The van der Waals surface area contributed by atoms with Gasteiger partial charge in [-0.3, -0.25) is 19.6 Å². The molecule has 4 fully saturated rings. The highest BCUT2D eigenvalue weighted by molar-refractivity contribution is 7.12. The Labute approximate surface area is 388 Å². The molecule has 4 aliphatic rings. The van der Waals surface area contributed by atoms with E-state index in [2.05, 4.69) is 107 Å². The molecule has 0 saturated carbocycles. The highest BCUT2D eigenvalue weighted by Crippen LogP contribution is 2.37. The van der Waals surface area contributed by atoms with Crippen LogP contribution in [0.2, 0.25) is 0 Å². The zero-order chi connectivity index (χ0) is 43.5. The monoisotopic (exact) mass is 905 g/mol. The van der Waals surface area contributed by atoms with E-state index in [4.69, 9.17) is 0 Å². The van der Waals surface area contributed by atoms with Crippen molar-refractivity contribution in [2.75, 3.05) is 209 Å². The fourth-order valence-corrected chi connectivity index (χ4v) is 10.7. The van der Waals surface area contributed by atoms with Crippen LogP contribution in [0.3, 0.4) is 0 Å².